The van der Waals surface area contributed by atoms with Crippen molar-refractivity contribution in [2.24, 2.45) is 0 Å². The van der Waals surface area contributed by atoms with Gasteiger partial charge in [-0.25, -0.2) is 4.98 Å². The van der Waals surface area contributed by atoms with E-state index in [9.17, 15) is 10.1 Å². The number of carbonyl (C=O) groups is 1. The maximum absolute atomic E-state index is 12.3. The van der Waals surface area contributed by atoms with E-state index in [1.165, 1.54) is 7.11 Å². The zero-order valence-corrected chi connectivity index (χ0v) is 21.1. The number of imidazole rings is 1. The van der Waals surface area contributed by atoms with Crippen molar-refractivity contribution in [1.29, 1.82) is 5.26 Å². The Kier molecular flexibility index (Phi) is 7.18. The number of fused-ring (bicyclic) bond motifs is 1. The van der Waals surface area contributed by atoms with Crippen LogP contribution in [0.1, 0.15) is 22.5 Å². The molecule has 0 aliphatic carbocycles. The summed E-state index contributed by atoms with van der Waals surface area (Å²) in [5.74, 6) is 1.02. The van der Waals surface area contributed by atoms with Crippen molar-refractivity contribution in [3.63, 3.8) is 0 Å². The molecule has 2 N–H and O–H groups in total. The first-order chi connectivity index (χ1) is 16.9. The topological polar surface area (TPSA) is 100 Å². The van der Waals surface area contributed by atoms with Crippen LogP contribution in [0.25, 0.3) is 22.7 Å². The molecule has 3 aromatic carbocycles. The number of rotatable bonds is 7. The molecule has 4 aromatic rings. The molecular weight excluding hydrogens is 508 g/mol. The fourth-order valence-electron chi connectivity index (χ4n) is 3.47. The summed E-state index contributed by atoms with van der Waals surface area (Å²) in [5.41, 5.74) is 5.63. The number of anilines is 1. The van der Waals surface area contributed by atoms with E-state index in [4.69, 9.17) is 9.47 Å². The molecule has 0 fully saturated rings. The molecule has 0 radical (unpaired) electrons. The van der Waals surface area contributed by atoms with Gasteiger partial charge in [-0.2, -0.15) is 5.26 Å². The van der Waals surface area contributed by atoms with Gasteiger partial charge in [-0.15, -0.1) is 0 Å². The standard InChI is InChI=1S/C27H23BrN4O3/c1-16-4-7-20(8-5-16)30-26(33)15-35-25-13-21(28)18(12-24(25)34-3)11-19(14-29)27-31-22-9-6-17(2)10-23(22)32-27/h4-13H,15H2,1-3H3,(H,30,33)(H,31,32)/b19-11-. The zero-order valence-electron chi connectivity index (χ0n) is 19.5. The summed E-state index contributed by atoms with van der Waals surface area (Å²) in [6.07, 6.45) is 1.71. The van der Waals surface area contributed by atoms with E-state index in [1.807, 2.05) is 56.3 Å². The lowest BCUT2D eigenvalue weighted by Crippen LogP contribution is -2.20. The van der Waals surface area contributed by atoms with E-state index in [0.717, 1.165) is 22.2 Å². The van der Waals surface area contributed by atoms with Crippen molar-refractivity contribution in [1.82, 2.24) is 9.97 Å². The number of nitrogens with one attached hydrogen (secondary N) is 2. The van der Waals surface area contributed by atoms with Gasteiger partial charge in [-0.05, 0) is 67.4 Å². The highest BCUT2D eigenvalue weighted by Gasteiger charge is 2.14. The van der Waals surface area contributed by atoms with Crippen molar-refractivity contribution in [3.8, 4) is 17.6 Å². The molecule has 1 aromatic heterocycles. The van der Waals surface area contributed by atoms with Crippen LogP contribution in [0.15, 0.2) is 59.1 Å². The van der Waals surface area contributed by atoms with Crippen LogP contribution in [0.5, 0.6) is 11.5 Å². The number of hydrogen-bond acceptors (Lipinski definition) is 5. The van der Waals surface area contributed by atoms with Gasteiger partial charge in [-0.3, -0.25) is 4.79 Å². The highest BCUT2D eigenvalue weighted by Crippen LogP contribution is 2.35. The molecule has 0 aliphatic heterocycles. The number of nitrogens with zero attached hydrogens (tertiary/aromatic N) is 2. The number of allylic oxidation sites excluding steroid dienone is 1. The van der Waals surface area contributed by atoms with Crippen LogP contribution in [-0.2, 0) is 4.79 Å². The average molecular weight is 531 g/mol. The Hall–Kier alpha value is -4.09. The van der Waals surface area contributed by atoms with E-state index in [0.29, 0.717) is 38.6 Å². The second kappa shape index (κ2) is 10.5. The van der Waals surface area contributed by atoms with E-state index < -0.39 is 0 Å². The SMILES string of the molecule is COc1cc(/C=C(/C#N)c2nc3ccc(C)cc3[nH]2)c(Br)cc1OCC(=O)Nc1ccc(C)cc1. The molecule has 8 heteroatoms. The molecule has 1 heterocycles. The maximum Gasteiger partial charge on any atom is 0.262 e. The number of hydrogen-bond donors (Lipinski definition) is 2. The van der Waals surface area contributed by atoms with Crippen LogP contribution in [0, 0.1) is 25.2 Å². The predicted octanol–water partition coefficient (Wildman–Crippen LogP) is 6.03. The number of nitriles is 1. The Morgan fingerprint density at radius 2 is 1.86 bits per heavy atom. The first-order valence-electron chi connectivity index (χ1n) is 10.8. The molecule has 0 bridgehead atoms. The third-order valence-corrected chi connectivity index (χ3v) is 5.98. The molecule has 0 saturated heterocycles. The number of aromatic amines is 1. The summed E-state index contributed by atoms with van der Waals surface area (Å²) >= 11 is 3.53. The van der Waals surface area contributed by atoms with Gasteiger partial charge >= 0.3 is 0 Å². The van der Waals surface area contributed by atoms with Gasteiger partial charge in [0.25, 0.3) is 5.91 Å². The largest absolute Gasteiger partial charge is 0.493 e. The molecule has 35 heavy (non-hydrogen) atoms. The van der Waals surface area contributed by atoms with Crippen LogP contribution in [0.4, 0.5) is 5.69 Å². The average Bonchev–Trinajstić information content (AvgIpc) is 3.26. The molecule has 0 unspecified atom stereocenters. The second-order valence-corrected chi connectivity index (χ2v) is 8.86. The first kappa shape index (κ1) is 24.0. The van der Waals surface area contributed by atoms with Crippen molar-refractivity contribution in [3.05, 3.63) is 81.6 Å². The lowest BCUT2D eigenvalue weighted by Gasteiger charge is -2.13. The Morgan fingerprint density at radius 3 is 2.57 bits per heavy atom. The summed E-state index contributed by atoms with van der Waals surface area (Å²) < 4.78 is 11.9. The van der Waals surface area contributed by atoms with Crippen LogP contribution < -0.4 is 14.8 Å². The molecule has 0 atom stereocenters. The van der Waals surface area contributed by atoms with E-state index in [-0.39, 0.29) is 12.5 Å². The summed E-state index contributed by atoms with van der Waals surface area (Å²) in [4.78, 5) is 20.1. The maximum atomic E-state index is 12.3. The smallest absolute Gasteiger partial charge is 0.262 e. The monoisotopic (exact) mass is 530 g/mol. The summed E-state index contributed by atoms with van der Waals surface area (Å²) in [6.45, 7) is 3.79. The molecule has 0 aliphatic rings. The molecule has 7 nitrogen and oxygen atoms in total. The van der Waals surface area contributed by atoms with Gasteiger partial charge in [0.15, 0.2) is 18.1 Å². The number of aromatic nitrogens is 2. The number of aryl methyl sites for hydroxylation is 2. The Bertz CT molecular complexity index is 1470. The lowest BCUT2D eigenvalue weighted by atomic mass is 10.1. The van der Waals surface area contributed by atoms with Gasteiger partial charge in [-0.1, -0.05) is 39.7 Å². The van der Waals surface area contributed by atoms with Gasteiger partial charge in [0.2, 0.25) is 0 Å². The summed E-state index contributed by atoms with van der Waals surface area (Å²) in [7, 11) is 1.52. The van der Waals surface area contributed by atoms with Crippen LogP contribution >= 0.6 is 15.9 Å². The van der Waals surface area contributed by atoms with Gasteiger partial charge < -0.3 is 19.8 Å². The minimum absolute atomic E-state index is 0.187. The molecular formula is C27H23BrN4O3. The number of carbonyl (C=O) groups excluding carboxylic acids is 1. The molecule has 1 amide bonds. The molecule has 0 spiro atoms. The second-order valence-electron chi connectivity index (χ2n) is 8.00. The van der Waals surface area contributed by atoms with E-state index >= 15 is 0 Å². The van der Waals surface area contributed by atoms with Gasteiger partial charge in [0.05, 0.1) is 23.7 Å². The fraction of sp³-hybridized carbons (Fsp3) is 0.148. The normalized spacial score (nSPS) is 11.2. The van der Waals surface area contributed by atoms with E-state index in [2.05, 4.69) is 37.3 Å². The number of H-pyrrole nitrogens is 1. The van der Waals surface area contributed by atoms with Crippen molar-refractivity contribution >= 4 is 50.2 Å². The van der Waals surface area contributed by atoms with Crippen molar-refractivity contribution in [2.45, 2.75) is 13.8 Å². The summed E-state index contributed by atoms with van der Waals surface area (Å²) in [6, 6.07) is 19.0. The molecule has 0 saturated carbocycles. The third-order valence-electron chi connectivity index (χ3n) is 5.29. The zero-order chi connectivity index (χ0) is 24.9. The highest BCUT2D eigenvalue weighted by molar-refractivity contribution is 9.10. The Morgan fingerprint density at radius 1 is 1.11 bits per heavy atom. The number of halogens is 1. The number of methoxy groups -OCH3 is 1. The summed E-state index contributed by atoms with van der Waals surface area (Å²) in [5, 5.41) is 12.6. The third kappa shape index (κ3) is 5.70. The number of amides is 1. The van der Waals surface area contributed by atoms with Crippen LogP contribution in [0.3, 0.4) is 0 Å². The Labute approximate surface area is 211 Å². The first-order valence-corrected chi connectivity index (χ1v) is 11.6. The minimum atomic E-state index is -0.289. The number of ether oxygens (including phenoxy) is 2. The Balaban J connectivity index is 1.54. The lowest BCUT2D eigenvalue weighted by molar-refractivity contribution is -0.118. The van der Waals surface area contributed by atoms with Crippen molar-refractivity contribution in [2.75, 3.05) is 19.0 Å². The number of benzene rings is 3. The van der Waals surface area contributed by atoms with Gasteiger partial charge in [0, 0.05) is 10.2 Å². The van der Waals surface area contributed by atoms with Crippen LogP contribution in [0.2, 0.25) is 0 Å². The molecule has 176 valence electrons. The van der Waals surface area contributed by atoms with Gasteiger partial charge in [0.1, 0.15) is 11.9 Å². The predicted molar refractivity (Wildman–Crippen MR) is 140 cm³/mol. The van der Waals surface area contributed by atoms with Crippen molar-refractivity contribution < 1.29 is 14.3 Å². The quantitative estimate of drug-likeness (QED) is 0.284. The van der Waals surface area contributed by atoms with E-state index in [1.54, 1.807) is 18.2 Å². The highest BCUT2D eigenvalue weighted by atomic mass is 79.9. The molecule has 4 rings (SSSR count). The minimum Gasteiger partial charge on any atom is -0.493 e. The fourth-order valence-corrected chi connectivity index (χ4v) is 3.91. The van der Waals surface area contributed by atoms with Crippen LogP contribution in [-0.4, -0.2) is 29.6 Å².